The van der Waals surface area contributed by atoms with E-state index in [9.17, 15) is 4.79 Å². The van der Waals surface area contributed by atoms with E-state index in [1.165, 1.54) is 12.8 Å². The quantitative estimate of drug-likeness (QED) is 0.842. The number of nitrogens with zero attached hydrogens (tertiary/aromatic N) is 4. The molecule has 0 N–H and O–H groups in total. The Morgan fingerprint density at radius 2 is 1.86 bits per heavy atom. The second kappa shape index (κ2) is 5.69. The predicted octanol–water partition coefficient (Wildman–Crippen LogP) is 2.34. The van der Waals surface area contributed by atoms with Crippen molar-refractivity contribution in [3.63, 3.8) is 0 Å². The van der Waals surface area contributed by atoms with E-state index < -0.39 is 0 Å². The van der Waals surface area contributed by atoms with E-state index in [1.807, 2.05) is 10.9 Å². The van der Waals surface area contributed by atoms with E-state index in [2.05, 4.69) is 42.7 Å². The van der Waals surface area contributed by atoms with Gasteiger partial charge in [0.25, 0.3) is 5.91 Å². The van der Waals surface area contributed by atoms with Gasteiger partial charge in [-0.1, -0.05) is 0 Å². The number of amides is 1. The minimum Gasteiger partial charge on any atom is -0.334 e. The van der Waals surface area contributed by atoms with Crippen molar-refractivity contribution < 1.29 is 4.79 Å². The van der Waals surface area contributed by atoms with Gasteiger partial charge < -0.3 is 9.80 Å². The van der Waals surface area contributed by atoms with Gasteiger partial charge in [0.1, 0.15) is 0 Å². The van der Waals surface area contributed by atoms with Crippen molar-refractivity contribution in [3.8, 4) is 0 Å². The number of rotatable bonds is 2. The number of carbonyl (C=O) groups is 1. The van der Waals surface area contributed by atoms with Crippen LogP contribution in [0.4, 0.5) is 0 Å². The molecule has 5 nitrogen and oxygen atoms in total. The molecule has 1 amide bonds. The lowest BCUT2D eigenvalue weighted by Gasteiger charge is -2.33. The van der Waals surface area contributed by atoms with Crippen molar-refractivity contribution in [1.29, 1.82) is 0 Å². The van der Waals surface area contributed by atoms with Crippen LogP contribution in [0.3, 0.4) is 0 Å². The van der Waals surface area contributed by atoms with Gasteiger partial charge in [0.15, 0.2) is 0 Å². The molecule has 0 bridgehead atoms. The molecule has 2 atom stereocenters. The Hall–Kier alpha value is -1.36. The Balaban J connectivity index is 1.77. The van der Waals surface area contributed by atoms with Crippen LogP contribution in [0.2, 0.25) is 0 Å². The highest BCUT2D eigenvalue weighted by Crippen LogP contribution is 2.30. The van der Waals surface area contributed by atoms with E-state index in [4.69, 9.17) is 0 Å². The van der Waals surface area contributed by atoms with Crippen LogP contribution < -0.4 is 0 Å². The van der Waals surface area contributed by atoms with Gasteiger partial charge in [0.05, 0.1) is 17.3 Å². The molecule has 0 saturated carbocycles. The summed E-state index contributed by atoms with van der Waals surface area (Å²) in [5.74, 6) is 0.151. The van der Waals surface area contributed by atoms with E-state index >= 15 is 0 Å². The first-order valence-corrected chi connectivity index (χ1v) is 8.44. The average molecular weight is 304 g/mol. The molecule has 3 rings (SSSR count). The van der Waals surface area contributed by atoms with E-state index in [1.54, 1.807) is 6.20 Å². The number of aromatic nitrogens is 2. The SMILES string of the molecule is CN1CCC[C@@H]1[C@@H]1CCCN1C(=O)c1cnn(C(C)(C)C)c1. The van der Waals surface area contributed by atoms with Crippen LogP contribution in [0.25, 0.3) is 0 Å². The fourth-order valence-corrected chi connectivity index (χ4v) is 3.83. The third kappa shape index (κ3) is 2.78. The molecule has 1 aromatic rings. The molecule has 2 aliphatic rings. The van der Waals surface area contributed by atoms with Crippen LogP contribution in [0.1, 0.15) is 56.8 Å². The van der Waals surface area contributed by atoms with Crippen LogP contribution in [-0.4, -0.2) is 57.7 Å². The van der Waals surface area contributed by atoms with Gasteiger partial charge in [-0.15, -0.1) is 0 Å². The summed E-state index contributed by atoms with van der Waals surface area (Å²) in [7, 11) is 2.19. The lowest BCUT2D eigenvalue weighted by atomic mass is 10.0. The van der Waals surface area contributed by atoms with Crippen LogP contribution in [0, 0.1) is 0 Å². The van der Waals surface area contributed by atoms with E-state index in [-0.39, 0.29) is 11.4 Å². The van der Waals surface area contributed by atoms with E-state index in [0.29, 0.717) is 12.1 Å². The third-order valence-electron chi connectivity index (χ3n) is 5.10. The first kappa shape index (κ1) is 15.5. The minimum absolute atomic E-state index is 0.0887. The van der Waals surface area contributed by atoms with Crippen molar-refractivity contribution in [1.82, 2.24) is 19.6 Å². The van der Waals surface area contributed by atoms with Gasteiger partial charge in [-0.3, -0.25) is 9.48 Å². The first-order valence-electron chi connectivity index (χ1n) is 8.44. The zero-order valence-electron chi connectivity index (χ0n) is 14.2. The molecule has 22 heavy (non-hydrogen) atoms. The van der Waals surface area contributed by atoms with Crippen LogP contribution >= 0.6 is 0 Å². The molecule has 0 unspecified atom stereocenters. The summed E-state index contributed by atoms with van der Waals surface area (Å²) in [6.07, 6.45) is 8.34. The fraction of sp³-hybridized carbons (Fsp3) is 0.765. The Morgan fingerprint density at radius 3 is 2.45 bits per heavy atom. The summed E-state index contributed by atoms with van der Waals surface area (Å²) < 4.78 is 1.88. The maximum absolute atomic E-state index is 12.9. The lowest BCUT2D eigenvalue weighted by Crippen LogP contribution is -2.47. The van der Waals surface area contributed by atoms with E-state index in [0.717, 1.165) is 31.5 Å². The Bertz CT molecular complexity index is 545. The zero-order valence-corrected chi connectivity index (χ0v) is 14.2. The molecule has 0 aliphatic carbocycles. The topological polar surface area (TPSA) is 41.4 Å². The monoisotopic (exact) mass is 304 g/mol. The first-order chi connectivity index (χ1) is 10.4. The summed E-state index contributed by atoms with van der Waals surface area (Å²) in [4.78, 5) is 17.4. The molecule has 122 valence electrons. The summed E-state index contributed by atoms with van der Waals surface area (Å²) >= 11 is 0. The molecule has 2 saturated heterocycles. The highest BCUT2D eigenvalue weighted by molar-refractivity contribution is 5.94. The third-order valence-corrected chi connectivity index (χ3v) is 5.10. The standard InChI is InChI=1S/C17H28N4O/c1-17(2,3)21-12-13(11-18-21)16(22)20-10-6-8-15(20)14-7-5-9-19(14)4/h11-12,14-15H,5-10H2,1-4H3/t14-,15+/m1/s1. The van der Waals surface area contributed by atoms with Crippen molar-refractivity contribution in [2.45, 2.75) is 64.1 Å². The molecule has 2 aliphatic heterocycles. The molecule has 0 radical (unpaired) electrons. The normalized spacial score (nSPS) is 26.8. The van der Waals surface area contributed by atoms with Crippen molar-refractivity contribution in [2.24, 2.45) is 0 Å². The Morgan fingerprint density at radius 1 is 1.18 bits per heavy atom. The second-order valence-corrected chi connectivity index (χ2v) is 7.74. The fourth-order valence-electron chi connectivity index (χ4n) is 3.83. The summed E-state index contributed by atoms with van der Waals surface area (Å²) in [6.45, 7) is 8.33. The van der Waals surface area contributed by atoms with Gasteiger partial charge in [0.2, 0.25) is 0 Å². The van der Waals surface area contributed by atoms with Crippen molar-refractivity contribution in [2.75, 3.05) is 20.1 Å². The van der Waals surface area contributed by atoms with Gasteiger partial charge in [0, 0.05) is 24.8 Å². The number of hydrogen-bond donors (Lipinski definition) is 0. The second-order valence-electron chi connectivity index (χ2n) is 7.74. The molecule has 2 fully saturated rings. The molecule has 5 heteroatoms. The van der Waals surface area contributed by atoms with Crippen molar-refractivity contribution >= 4 is 5.91 Å². The lowest BCUT2D eigenvalue weighted by molar-refractivity contribution is 0.0664. The zero-order chi connectivity index (χ0) is 15.9. The highest BCUT2D eigenvalue weighted by atomic mass is 16.2. The maximum atomic E-state index is 12.9. The molecule has 0 spiro atoms. The van der Waals surface area contributed by atoms with Gasteiger partial charge in [-0.05, 0) is 60.0 Å². The molecular formula is C17H28N4O. The highest BCUT2D eigenvalue weighted by Gasteiger charge is 2.39. The number of likely N-dealkylation sites (tertiary alicyclic amines) is 2. The number of carbonyl (C=O) groups excluding carboxylic acids is 1. The average Bonchev–Trinajstić information content (AvgIpc) is 3.16. The van der Waals surface area contributed by atoms with Gasteiger partial charge in [-0.2, -0.15) is 5.10 Å². The molecule has 3 heterocycles. The Kier molecular flexibility index (Phi) is 4.02. The molecular weight excluding hydrogens is 276 g/mol. The minimum atomic E-state index is -0.0887. The van der Waals surface area contributed by atoms with Crippen LogP contribution in [0.5, 0.6) is 0 Å². The van der Waals surface area contributed by atoms with Crippen LogP contribution in [0.15, 0.2) is 12.4 Å². The van der Waals surface area contributed by atoms with Crippen molar-refractivity contribution in [3.05, 3.63) is 18.0 Å². The van der Waals surface area contributed by atoms with Crippen LogP contribution in [-0.2, 0) is 5.54 Å². The smallest absolute Gasteiger partial charge is 0.257 e. The summed E-state index contributed by atoms with van der Waals surface area (Å²) in [6, 6.07) is 0.905. The molecule has 1 aromatic heterocycles. The molecule has 0 aromatic carbocycles. The number of likely N-dealkylation sites (N-methyl/N-ethyl adjacent to an activating group) is 1. The van der Waals surface area contributed by atoms with Gasteiger partial charge in [-0.25, -0.2) is 0 Å². The predicted molar refractivity (Wildman–Crippen MR) is 86.9 cm³/mol. The van der Waals surface area contributed by atoms with Gasteiger partial charge >= 0.3 is 0 Å². The summed E-state index contributed by atoms with van der Waals surface area (Å²) in [5.41, 5.74) is 0.636. The Labute approximate surface area is 133 Å². The number of hydrogen-bond acceptors (Lipinski definition) is 3. The summed E-state index contributed by atoms with van der Waals surface area (Å²) in [5, 5.41) is 4.38. The maximum Gasteiger partial charge on any atom is 0.257 e. The largest absolute Gasteiger partial charge is 0.334 e.